The lowest BCUT2D eigenvalue weighted by atomic mass is 10.2. The first kappa shape index (κ1) is 21.5. The van der Waals surface area contributed by atoms with E-state index in [4.69, 9.17) is 11.6 Å². The molecule has 3 rings (SSSR count). The van der Waals surface area contributed by atoms with Gasteiger partial charge in [0.05, 0.1) is 5.75 Å². The van der Waals surface area contributed by atoms with Gasteiger partial charge in [0.15, 0.2) is 0 Å². The fourth-order valence-electron chi connectivity index (χ4n) is 3.10. The van der Waals surface area contributed by atoms with Gasteiger partial charge in [-0.1, -0.05) is 17.7 Å². The minimum Gasteiger partial charge on any atom is -0.369 e. The molecule has 0 saturated carbocycles. The molecule has 1 aliphatic heterocycles. The summed E-state index contributed by atoms with van der Waals surface area (Å²) in [6.45, 7) is 1.41. The van der Waals surface area contributed by atoms with Crippen LogP contribution in [0.15, 0.2) is 42.5 Å². The van der Waals surface area contributed by atoms with E-state index < -0.39 is 33.1 Å². The molecule has 1 N–H and O–H groups in total. The van der Waals surface area contributed by atoms with Gasteiger partial charge in [0.1, 0.15) is 17.2 Å². The first-order valence-corrected chi connectivity index (χ1v) is 11.0. The number of rotatable bonds is 6. The van der Waals surface area contributed by atoms with Crippen molar-refractivity contribution in [2.45, 2.75) is 0 Å². The molecular weight excluding hydrogens is 424 g/mol. The second-order valence-corrected chi connectivity index (χ2v) is 9.06. The third kappa shape index (κ3) is 5.23. The summed E-state index contributed by atoms with van der Waals surface area (Å²) < 4.78 is 53.6. The summed E-state index contributed by atoms with van der Waals surface area (Å²) in [6, 6.07) is 10.4. The van der Waals surface area contributed by atoms with Gasteiger partial charge in [0, 0.05) is 43.4 Å². The van der Waals surface area contributed by atoms with Crippen LogP contribution in [-0.4, -0.2) is 57.1 Å². The molecule has 0 spiro atoms. The van der Waals surface area contributed by atoms with Gasteiger partial charge >= 0.3 is 0 Å². The number of hydrogen-bond donors (Lipinski definition) is 1. The Morgan fingerprint density at radius 3 is 2.17 bits per heavy atom. The Kier molecular flexibility index (Phi) is 6.71. The molecule has 29 heavy (non-hydrogen) atoms. The van der Waals surface area contributed by atoms with Gasteiger partial charge in [0.25, 0.3) is 5.91 Å². The zero-order chi connectivity index (χ0) is 21.0. The van der Waals surface area contributed by atoms with Crippen molar-refractivity contribution in [1.82, 2.24) is 9.62 Å². The lowest BCUT2D eigenvalue weighted by Crippen LogP contribution is -2.50. The van der Waals surface area contributed by atoms with Crippen molar-refractivity contribution in [3.63, 3.8) is 0 Å². The van der Waals surface area contributed by atoms with E-state index in [0.717, 1.165) is 23.9 Å². The summed E-state index contributed by atoms with van der Waals surface area (Å²) >= 11 is 5.88. The van der Waals surface area contributed by atoms with Gasteiger partial charge in [-0.05, 0) is 36.4 Å². The van der Waals surface area contributed by atoms with E-state index >= 15 is 0 Å². The second-order valence-electron chi connectivity index (χ2n) is 6.53. The number of halogens is 3. The molecular formula is C19H20ClF2N3O3S. The average molecular weight is 444 g/mol. The van der Waals surface area contributed by atoms with Gasteiger partial charge in [-0.3, -0.25) is 4.79 Å². The van der Waals surface area contributed by atoms with E-state index in [-0.39, 0.29) is 12.3 Å². The SMILES string of the molecule is O=C(NCCS(=O)(=O)N1CCN(c2ccc(Cl)cc2)CC1)c1c(F)cccc1F. The fraction of sp³-hybridized carbons (Fsp3) is 0.316. The third-order valence-electron chi connectivity index (χ3n) is 4.66. The molecule has 1 amide bonds. The molecule has 1 fully saturated rings. The molecule has 1 heterocycles. The summed E-state index contributed by atoms with van der Waals surface area (Å²) in [4.78, 5) is 14.0. The van der Waals surface area contributed by atoms with Gasteiger partial charge in [0.2, 0.25) is 10.0 Å². The number of hydrogen-bond acceptors (Lipinski definition) is 4. The average Bonchev–Trinajstić information content (AvgIpc) is 2.68. The van der Waals surface area contributed by atoms with Crippen LogP contribution in [0.1, 0.15) is 10.4 Å². The Balaban J connectivity index is 1.51. The van der Waals surface area contributed by atoms with Crippen molar-refractivity contribution in [3.05, 3.63) is 64.7 Å². The molecule has 156 valence electrons. The normalized spacial score (nSPS) is 15.3. The zero-order valence-corrected chi connectivity index (χ0v) is 17.0. The summed E-state index contributed by atoms with van der Waals surface area (Å²) in [7, 11) is -3.61. The van der Waals surface area contributed by atoms with Crippen LogP contribution < -0.4 is 10.2 Å². The van der Waals surface area contributed by atoms with Crippen molar-refractivity contribution < 1.29 is 22.0 Å². The van der Waals surface area contributed by atoms with E-state index in [2.05, 4.69) is 10.2 Å². The van der Waals surface area contributed by atoms with Crippen LogP contribution in [-0.2, 0) is 10.0 Å². The number of amides is 1. The molecule has 0 radical (unpaired) electrons. The number of benzene rings is 2. The monoisotopic (exact) mass is 443 g/mol. The topological polar surface area (TPSA) is 69.7 Å². The van der Waals surface area contributed by atoms with Crippen LogP contribution in [0.3, 0.4) is 0 Å². The van der Waals surface area contributed by atoms with Gasteiger partial charge in [-0.25, -0.2) is 17.2 Å². The Labute approximate surface area is 173 Å². The molecule has 0 aromatic heterocycles. The minimum atomic E-state index is -3.61. The van der Waals surface area contributed by atoms with E-state index in [1.54, 1.807) is 12.1 Å². The smallest absolute Gasteiger partial charge is 0.257 e. The van der Waals surface area contributed by atoms with Crippen LogP contribution >= 0.6 is 11.6 Å². The van der Waals surface area contributed by atoms with Crippen LogP contribution in [0.25, 0.3) is 0 Å². The highest BCUT2D eigenvalue weighted by Crippen LogP contribution is 2.20. The largest absolute Gasteiger partial charge is 0.369 e. The molecule has 1 aliphatic rings. The third-order valence-corrected chi connectivity index (χ3v) is 6.78. The predicted molar refractivity (Wildman–Crippen MR) is 108 cm³/mol. The quantitative estimate of drug-likeness (QED) is 0.744. The van der Waals surface area contributed by atoms with Crippen LogP contribution in [0.2, 0.25) is 5.02 Å². The maximum atomic E-state index is 13.6. The van der Waals surface area contributed by atoms with E-state index in [0.29, 0.717) is 31.2 Å². The summed E-state index contributed by atoms with van der Waals surface area (Å²) in [5, 5.41) is 2.90. The standard InChI is InChI=1S/C19H20ClF2N3O3S/c20-14-4-6-15(7-5-14)24-9-11-25(12-10-24)29(27,28)13-8-23-19(26)18-16(21)2-1-3-17(18)22/h1-7H,8-13H2,(H,23,26). The van der Waals surface area contributed by atoms with E-state index in [9.17, 15) is 22.0 Å². The molecule has 0 aliphatic carbocycles. The summed E-state index contributed by atoms with van der Waals surface area (Å²) in [5.74, 6) is -3.33. The van der Waals surface area contributed by atoms with E-state index in [1.165, 1.54) is 4.31 Å². The number of nitrogens with zero attached hydrogens (tertiary/aromatic N) is 2. The lowest BCUT2D eigenvalue weighted by molar-refractivity contribution is 0.0947. The number of anilines is 1. The van der Waals surface area contributed by atoms with Gasteiger partial charge < -0.3 is 10.2 Å². The Hall–Kier alpha value is -2.23. The van der Waals surface area contributed by atoms with Crippen LogP contribution in [0.5, 0.6) is 0 Å². The fourth-order valence-corrected chi connectivity index (χ4v) is 4.57. The number of sulfonamides is 1. The van der Waals surface area contributed by atoms with Crippen LogP contribution in [0.4, 0.5) is 14.5 Å². The highest BCUT2D eigenvalue weighted by Gasteiger charge is 2.27. The van der Waals surface area contributed by atoms with Crippen LogP contribution in [0, 0.1) is 11.6 Å². The summed E-state index contributed by atoms with van der Waals surface area (Å²) in [6.07, 6.45) is 0. The van der Waals surface area contributed by atoms with Crippen molar-refractivity contribution in [1.29, 1.82) is 0 Å². The van der Waals surface area contributed by atoms with Crippen molar-refractivity contribution in [3.8, 4) is 0 Å². The first-order valence-electron chi connectivity index (χ1n) is 8.98. The molecule has 6 nitrogen and oxygen atoms in total. The lowest BCUT2D eigenvalue weighted by Gasteiger charge is -2.35. The van der Waals surface area contributed by atoms with Crippen molar-refractivity contribution in [2.24, 2.45) is 0 Å². The molecule has 1 saturated heterocycles. The van der Waals surface area contributed by atoms with Crippen molar-refractivity contribution >= 4 is 33.2 Å². The Morgan fingerprint density at radius 1 is 1.00 bits per heavy atom. The number of piperazine rings is 1. The molecule has 2 aromatic rings. The number of carbonyl (C=O) groups is 1. The number of nitrogens with one attached hydrogen (secondary N) is 1. The molecule has 0 atom stereocenters. The minimum absolute atomic E-state index is 0.244. The molecule has 0 unspecified atom stereocenters. The molecule has 0 bridgehead atoms. The molecule has 2 aromatic carbocycles. The summed E-state index contributed by atoms with van der Waals surface area (Å²) in [5.41, 5.74) is 0.243. The number of carbonyl (C=O) groups excluding carboxylic acids is 1. The Morgan fingerprint density at radius 2 is 1.59 bits per heavy atom. The maximum Gasteiger partial charge on any atom is 0.257 e. The first-order chi connectivity index (χ1) is 13.8. The maximum absolute atomic E-state index is 13.6. The predicted octanol–water partition coefficient (Wildman–Crippen LogP) is 2.50. The zero-order valence-electron chi connectivity index (χ0n) is 15.4. The highest BCUT2D eigenvalue weighted by atomic mass is 35.5. The molecule has 10 heteroatoms. The highest BCUT2D eigenvalue weighted by molar-refractivity contribution is 7.89. The van der Waals surface area contributed by atoms with Gasteiger partial charge in [-0.2, -0.15) is 4.31 Å². The van der Waals surface area contributed by atoms with Gasteiger partial charge in [-0.15, -0.1) is 0 Å². The van der Waals surface area contributed by atoms with Crippen molar-refractivity contribution in [2.75, 3.05) is 43.4 Å². The van der Waals surface area contributed by atoms with E-state index in [1.807, 2.05) is 12.1 Å². The Bertz CT molecular complexity index is 958. The second kappa shape index (κ2) is 9.06.